The molecule has 0 aromatic heterocycles. The predicted octanol–water partition coefficient (Wildman–Crippen LogP) is 0.236. The minimum Gasteiger partial charge on any atom is -0.298 e. The number of rotatable bonds is 1. The minimum absolute atomic E-state index is 0.598. The van der Waals surface area contributed by atoms with Gasteiger partial charge in [-0.2, -0.15) is 0 Å². The molecule has 0 unspecified atom stereocenters. The van der Waals surface area contributed by atoms with E-state index in [1.54, 1.807) is 0 Å². The molecular weight excluding hydrogens is 83.0 g/mol. The molecule has 3 heteroatoms. The van der Waals surface area contributed by atoms with Gasteiger partial charge in [0.25, 0.3) is 0 Å². The zero-order chi connectivity index (χ0) is 4.28. The molecule has 0 atom stereocenters. The van der Waals surface area contributed by atoms with Crippen molar-refractivity contribution in [2.75, 3.05) is 6.16 Å². The quantitative estimate of drug-likeness (QED) is 0.455. The maximum atomic E-state index is 5.13. The van der Waals surface area contributed by atoms with Crippen LogP contribution in [0.4, 0.5) is 0 Å². The molecule has 0 aliphatic heterocycles. The van der Waals surface area contributed by atoms with Crippen molar-refractivity contribution < 1.29 is 0 Å². The normalized spacial score (nSPS) is 9.60. The Morgan fingerprint density at radius 1 is 1.60 bits per heavy atom. The van der Waals surface area contributed by atoms with Crippen molar-refractivity contribution in [3.63, 3.8) is 0 Å². The van der Waals surface area contributed by atoms with Crippen LogP contribution < -0.4 is 11.0 Å². The van der Waals surface area contributed by atoms with Gasteiger partial charge in [0, 0.05) is 8.22 Å². The molecule has 4 N–H and O–H groups in total. The Bertz CT molecular complexity index is 21.6. The monoisotopic (exact) mass is 92.1 g/mol. The maximum Gasteiger partial charge on any atom is 0.0279 e. The van der Waals surface area contributed by atoms with Crippen molar-refractivity contribution in [1.29, 1.82) is 0 Å². The number of hydrogen-bond donors (Lipinski definition) is 2. The second-order valence-electron chi connectivity index (χ2n) is 0.830. The Balaban J connectivity index is 2.54. The second-order valence-corrected chi connectivity index (χ2v) is 2.49. The van der Waals surface area contributed by atoms with E-state index in [1.807, 2.05) is 6.92 Å². The van der Waals surface area contributed by atoms with Gasteiger partial charge < -0.3 is 0 Å². The summed E-state index contributed by atoms with van der Waals surface area (Å²) in [6.07, 6.45) is 0.926. The molecule has 0 amide bonds. The van der Waals surface area contributed by atoms with E-state index in [9.17, 15) is 0 Å². The fourth-order valence-corrected chi connectivity index (χ4v) is 0. The third-order valence-electron chi connectivity index (χ3n) is 0.365. The third-order valence-corrected chi connectivity index (χ3v) is 1.10. The fourth-order valence-electron chi connectivity index (χ4n) is 0. The van der Waals surface area contributed by atoms with Crippen LogP contribution in [0.5, 0.6) is 0 Å². The molecule has 0 radical (unpaired) electrons. The van der Waals surface area contributed by atoms with Gasteiger partial charge in [0.2, 0.25) is 0 Å². The SMILES string of the molecule is CCP(N)N. The molecule has 2 nitrogen and oxygen atoms in total. The van der Waals surface area contributed by atoms with E-state index in [2.05, 4.69) is 0 Å². The van der Waals surface area contributed by atoms with Crippen molar-refractivity contribution in [3.8, 4) is 0 Å². The molecule has 0 bridgehead atoms. The average Bonchev–Trinajstić information content (AvgIpc) is 1.38. The van der Waals surface area contributed by atoms with Gasteiger partial charge in [0.1, 0.15) is 0 Å². The van der Waals surface area contributed by atoms with Crippen LogP contribution in [0.25, 0.3) is 0 Å². The molecule has 0 fully saturated rings. The summed E-state index contributed by atoms with van der Waals surface area (Å²) in [7, 11) is -0.598. The summed E-state index contributed by atoms with van der Waals surface area (Å²) in [6.45, 7) is 1.98. The Kier molecular flexibility index (Phi) is 2.76. The summed E-state index contributed by atoms with van der Waals surface area (Å²) in [4.78, 5) is 0. The van der Waals surface area contributed by atoms with Crippen LogP contribution in [-0.4, -0.2) is 6.16 Å². The van der Waals surface area contributed by atoms with Gasteiger partial charge in [-0.15, -0.1) is 0 Å². The zero-order valence-electron chi connectivity index (χ0n) is 3.31. The predicted molar refractivity (Wildman–Crippen MR) is 25.8 cm³/mol. The highest BCUT2D eigenvalue weighted by atomic mass is 31.1. The molecule has 32 valence electrons. The maximum absolute atomic E-state index is 5.13. The van der Waals surface area contributed by atoms with Gasteiger partial charge in [-0.3, -0.25) is 11.0 Å². The van der Waals surface area contributed by atoms with Crippen molar-refractivity contribution in [2.45, 2.75) is 6.92 Å². The van der Waals surface area contributed by atoms with Gasteiger partial charge in [-0.1, -0.05) is 6.92 Å². The van der Waals surface area contributed by atoms with Crippen molar-refractivity contribution >= 4 is 8.22 Å². The molecule has 0 spiro atoms. The lowest BCUT2D eigenvalue weighted by atomic mass is 11.0. The highest BCUT2D eigenvalue weighted by molar-refractivity contribution is 7.52. The van der Waals surface area contributed by atoms with Crippen LogP contribution in [0, 0.1) is 0 Å². The first-order valence-electron chi connectivity index (χ1n) is 1.54. The van der Waals surface area contributed by atoms with Gasteiger partial charge >= 0.3 is 0 Å². The Labute approximate surface area is 33.4 Å². The van der Waals surface area contributed by atoms with E-state index in [1.165, 1.54) is 0 Å². The van der Waals surface area contributed by atoms with Crippen LogP contribution >= 0.6 is 8.22 Å². The highest BCUT2D eigenvalue weighted by Gasteiger charge is 1.79. The first-order chi connectivity index (χ1) is 2.27. The molecule has 5 heavy (non-hydrogen) atoms. The second kappa shape index (κ2) is 2.58. The Morgan fingerprint density at radius 2 is 1.80 bits per heavy atom. The Hall–Kier alpha value is 0.350. The third kappa shape index (κ3) is 4.35. The summed E-state index contributed by atoms with van der Waals surface area (Å²) >= 11 is 0. The summed E-state index contributed by atoms with van der Waals surface area (Å²) in [5.74, 6) is 0. The highest BCUT2D eigenvalue weighted by Crippen LogP contribution is 2.08. The first-order valence-corrected chi connectivity index (χ1v) is 3.20. The molecular formula is C2H9N2P. The molecule has 0 rings (SSSR count). The standard InChI is InChI=1S/C2H9N2P/c1-2-5(3)4/h2-4H2,1H3. The fraction of sp³-hybridized carbons (Fsp3) is 1.00. The molecule has 0 saturated heterocycles. The lowest BCUT2D eigenvalue weighted by Crippen LogP contribution is -1.98. The van der Waals surface area contributed by atoms with Crippen LogP contribution in [0.3, 0.4) is 0 Å². The van der Waals surface area contributed by atoms with E-state index in [4.69, 9.17) is 11.0 Å². The van der Waals surface area contributed by atoms with E-state index in [0.717, 1.165) is 6.16 Å². The molecule has 0 heterocycles. The number of hydrogen-bond acceptors (Lipinski definition) is 2. The number of nitrogens with two attached hydrogens (primary N) is 2. The largest absolute Gasteiger partial charge is 0.298 e. The van der Waals surface area contributed by atoms with Crippen LogP contribution in [0.2, 0.25) is 0 Å². The first kappa shape index (κ1) is 5.35. The van der Waals surface area contributed by atoms with Crippen molar-refractivity contribution in [3.05, 3.63) is 0 Å². The van der Waals surface area contributed by atoms with Crippen LogP contribution in [0.1, 0.15) is 6.92 Å². The minimum atomic E-state index is -0.598. The van der Waals surface area contributed by atoms with E-state index in [-0.39, 0.29) is 0 Å². The van der Waals surface area contributed by atoms with Crippen molar-refractivity contribution in [2.24, 2.45) is 11.0 Å². The van der Waals surface area contributed by atoms with Gasteiger partial charge in [-0.25, -0.2) is 0 Å². The Morgan fingerprint density at radius 3 is 1.80 bits per heavy atom. The molecule has 0 aromatic carbocycles. The van der Waals surface area contributed by atoms with E-state index >= 15 is 0 Å². The molecule has 0 aliphatic carbocycles. The van der Waals surface area contributed by atoms with Gasteiger partial charge in [-0.05, 0) is 6.16 Å². The summed E-state index contributed by atoms with van der Waals surface area (Å²) in [5, 5.41) is 0. The summed E-state index contributed by atoms with van der Waals surface area (Å²) in [6, 6.07) is 0. The van der Waals surface area contributed by atoms with E-state index < -0.39 is 8.22 Å². The van der Waals surface area contributed by atoms with Gasteiger partial charge in [0.15, 0.2) is 0 Å². The van der Waals surface area contributed by atoms with Crippen LogP contribution in [-0.2, 0) is 0 Å². The smallest absolute Gasteiger partial charge is 0.0279 e. The lowest BCUT2D eigenvalue weighted by Gasteiger charge is -1.92. The van der Waals surface area contributed by atoms with Gasteiger partial charge in [0.05, 0.1) is 0 Å². The molecule has 0 saturated carbocycles. The summed E-state index contributed by atoms with van der Waals surface area (Å²) < 4.78 is 0. The molecule has 0 aliphatic rings. The average molecular weight is 92.1 g/mol. The molecule has 0 aromatic rings. The summed E-state index contributed by atoms with van der Waals surface area (Å²) in [5.41, 5.74) is 10.3. The van der Waals surface area contributed by atoms with Crippen LogP contribution in [0.15, 0.2) is 0 Å². The van der Waals surface area contributed by atoms with E-state index in [0.29, 0.717) is 0 Å². The zero-order valence-corrected chi connectivity index (χ0v) is 4.20. The van der Waals surface area contributed by atoms with Crippen molar-refractivity contribution in [1.82, 2.24) is 0 Å². The lowest BCUT2D eigenvalue weighted by molar-refractivity contribution is 1.46. The topological polar surface area (TPSA) is 52.0 Å².